The van der Waals surface area contributed by atoms with Gasteiger partial charge in [-0.2, -0.15) is 0 Å². The summed E-state index contributed by atoms with van der Waals surface area (Å²) in [6.07, 6.45) is 3.27. The molecule has 0 saturated carbocycles. The smallest absolute Gasteiger partial charge is 0.179 e. The average Bonchev–Trinajstić information content (AvgIpc) is 2.84. The summed E-state index contributed by atoms with van der Waals surface area (Å²) in [5.41, 5.74) is 8.11. The SMILES string of the molecule is Cc1cccc(-c2onc(N)c2-c2ccncc2)c1F. The molecule has 100 valence electrons. The first-order valence-corrected chi connectivity index (χ1v) is 6.09. The molecule has 0 aliphatic rings. The molecule has 0 saturated heterocycles. The summed E-state index contributed by atoms with van der Waals surface area (Å²) in [5, 5.41) is 3.76. The second-order valence-electron chi connectivity index (χ2n) is 4.44. The van der Waals surface area contributed by atoms with Crippen LogP contribution in [0.3, 0.4) is 0 Å². The number of benzene rings is 1. The fraction of sp³-hybridized carbons (Fsp3) is 0.0667. The predicted molar refractivity (Wildman–Crippen MR) is 74.3 cm³/mol. The molecule has 5 heteroatoms. The second kappa shape index (κ2) is 4.77. The zero-order chi connectivity index (χ0) is 14.1. The number of nitrogen functional groups attached to an aromatic ring is 1. The maximum atomic E-state index is 14.3. The van der Waals surface area contributed by atoms with Gasteiger partial charge in [0.1, 0.15) is 5.82 Å². The van der Waals surface area contributed by atoms with Gasteiger partial charge in [-0.05, 0) is 36.2 Å². The zero-order valence-electron chi connectivity index (χ0n) is 10.8. The highest BCUT2D eigenvalue weighted by Crippen LogP contribution is 2.37. The van der Waals surface area contributed by atoms with Gasteiger partial charge in [0.2, 0.25) is 0 Å². The third-order valence-corrected chi connectivity index (χ3v) is 3.12. The molecular weight excluding hydrogens is 257 g/mol. The largest absolute Gasteiger partial charge is 0.380 e. The summed E-state index contributed by atoms with van der Waals surface area (Å²) in [5.74, 6) is 0.223. The lowest BCUT2D eigenvalue weighted by Gasteiger charge is -2.05. The Kier molecular flexibility index (Phi) is 2.95. The summed E-state index contributed by atoms with van der Waals surface area (Å²) in [6, 6.07) is 8.67. The number of aryl methyl sites for hydroxylation is 1. The predicted octanol–water partition coefficient (Wildman–Crippen LogP) is 3.43. The molecule has 3 aromatic rings. The van der Waals surface area contributed by atoms with Gasteiger partial charge in [0, 0.05) is 12.4 Å². The van der Waals surface area contributed by atoms with Crippen molar-refractivity contribution in [1.82, 2.24) is 10.1 Å². The van der Waals surface area contributed by atoms with Crippen LogP contribution in [0.25, 0.3) is 22.5 Å². The Hall–Kier alpha value is -2.69. The number of rotatable bonds is 2. The average molecular weight is 269 g/mol. The third-order valence-electron chi connectivity index (χ3n) is 3.12. The van der Waals surface area contributed by atoms with E-state index in [1.54, 1.807) is 49.6 Å². The molecular formula is C15H12FN3O. The number of hydrogen-bond donors (Lipinski definition) is 1. The maximum Gasteiger partial charge on any atom is 0.179 e. The Morgan fingerprint density at radius 2 is 1.90 bits per heavy atom. The number of nitrogens with two attached hydrogens (primary N) is 1. The molecule has 0 radical (unpaired) electrons. The van der Waals surface area contributed by atoms with Crippen LogP contribution < -0.4 is 5.73 Å². The van der Waals surface area contributed by atoms with Crippen LogP contribution in [0.15, 0.2) is 47.2 Å². The molecule has 2 heterocycles. The zero-order valence-corrected chi connectivity index (χ0v) is 10.8. The van der Waals surface area contributed by atoms with Crippen LogP contribution in [0.5, 0.6) is 0 Å². The molecule has 0 amide bonds. The molecule has 4 nitrogen and oxygen atoms in total. The van der Waals surface area contributed by atoms with E-state index in [1.165, 1.54) is 0 Å². The van der Waals surface area contributed by atoms with E-state index < -0.39 is 0 Å². The minimum absolute atomic E-state index is 0.229. The van der Waals surface area contributed by atoms with Crippen LogP contribution in [0.4, 0.5) is 10.2 Å². The van der Waals surface area contributed by atoms with Gasteiger partial charge in [0.15, 0.2) is 11.6 Å². The molecule has 3 rings (SSSR count). The Labute approximate surface area is 115 Å². The van der Waals surface area contributed by atoms with E-state index in [9.17, 15) is 4.39 Å². The van der Waals surface area contributed by atoms with Gasteiger partial charge in [0.05, 0.1) is 11.1 Å². The molecule has 0 unspecified atom stereocenters. The Balaban J connectivity index is 2.24. The van der Waals surface area contributed by atoms with Gasteiger partial charge in [-0.25, -0.2) is 4.39 Å². The van der Waals surface area contributed by atoms with E-state index in [-0.39, 0.29) is 11.6 Å². The monoisotopic (exact) mass is 269 g/mol. The van der Waals surface area contributed by atoms with Crippen molar-refractivity contribution in [2.75, 3.05) is 5.73 Å². The summed E-state index contributed by atoms with van der Waals surface area (Å²) >= 11 is 0. The van der Waals surface area contributed by atoms with Crippen molar-refractivity contribution < 1.29 is 8.91 Å². The van der Waals surface area contributed by atoms with Gasteiger partial charge in [-0.3, -0.25) is 4.98 Å². The van der Waals surface area contributed by atoms with E-state index in [1.807, 2.05) is 0 Å². The number of halogens is 1. The lowest BCUT2D eigenvalue weighted by atomic mass is 10.0. The van der Waals surface area contributed by atoms with Crippen LogP contribution in [0.1, 0.15) is 5.56 Å². The first-order chi connectivity index (χ1) is 9.68. The standard InChI is InChI=1S/C15H12FN3O/c1-9-3-2-4-11(13(9)16)14-12(15(17)19-20-14)10-5-7-18-8-6-10/h2-8H,1H3,(H2,17,19). The number of pyridine rings is 1. The lowest BCUT2D eigenvalue weighted by molar-refractivity contribution is 0.433. The van der Waals surface area contributed by atoms with Crippen molar-refractivity contribution in [3.05, 3.63) is 54.1 Å². The highest BCUT2D eigenvalue weighted by molar-refractivity contribution is 5.86. The van der Waals surface area contributed by atoms with Crippen molar-refractivity contribution >= 4 is 5.82 Å². The highest BCUT2D eigenvalue weighted by atomic mass is 19.1. The Morgan fingerprint density at radius 3 is 2.65 bits per heavy atom. The van der Waals surface area contributed by atoms with E-state index in [2.05, 4.69) is 10.1 Å². The van der Waals surface area contributed by atoms with Gasteiger partial charge in [-0.1, -0.05) is 17.3 Å². The van der Waals surface area contributed by atoms with Crippen molar-refractivity contribution in [3.63, 3.8) is 0 Å². The van der Waals surface area contributed by atoms with Crippen LogP contribution in [0.2, 0.25) is 0 Å². The number of hydrogen-bond acceptors (Lipinski definition) is 4. The molecule has 0 spiro atoms. The van der Waals surface area contributed by atoms with E-state index >= 15 is 0 Å². The molecule has 0 aliphatic heterocycles. The number of nitrogens with zero attached hydrogens (tertiary/aromatic N) is 2. The van der Waals surface area contributed by atoms with Crippen LogP contribution in [0, 0.1) is 12.7 Å². The molecule has 20 heavy (non-hydrogen) atoms. The summed E-state index contributed by atoms with van der Waals surface area (Å²) < 4.78 is 19.5. The summed E-state index contributed by atoms with van der Waals surface area (Å²) in [4.78, 5) is 3.95. The molecule has 0 fully saturated rings. The lowest BCUT2D eigenvalue weighted by Crippen LogP contribution is -1.91. The minimum atomic E-state index is -0.334. The second-order valence-corrected chi connectivity index (χ2v) is 4.44. The fourth-order valence-corrected chi connectivity index (χ4v) is 2.11. The number of aromatic nitrogens is 2. The van der Waals surface area contributed by atoms with Crippen molar-refractivity contribution in [2.24, 2.45) is 0 Å². The molecule has 0 bridgehead atoms. The molecule has 0 aliphatic carbocycles. The molecule has 2 N–H and O–H groups in total. The first-order valence-electron chi connectivity index (χ1n) is 6.09. The molecule has 0 atom stereocenters. The molecule has 1 aromatic carbocycles. The van der Waals surface area contributed by atoms with Gasteiger partial charge in [0.25, 0.3) is 0 Å². The maximum absolute atomic E-state index is 14.3. The molecule has 2 aromatic heterocycles. The van der Waals surface area contributed by atoms with E-state index in [0.29, 0.717) is 22.5 Å². The fourth-order valence-electron chi connectivity index (χ4n) is 2.11. The van der Waals surface area contributed by atoms with Gasteiger partial charge < -0.3 is 10.3 Å². The van der Waals surface area contributed by atoms with E-state index in [4.69, 9.17) is 10.3 Å². The highest BCUT2D eigenvalue weighted by Gasteiger charge is 2.20. The van der Waals surface area contributed by atoms with Crippen molar-refractivity contribution in [2.45, 2.75) is 6.92 Å². The Bertz CT molecular complexity index is 753. The van der Waals surface area contributed by atoms with Crippen LogP contribution in [-0.2, 0) is 0 Å². The Morgan fingerprint density at radius 1 is 1.15 bits per heavy atom. The van der Waals surface area contributed by atoms with E-state index in [0.717, 1.165) is 5.56 Å². The normalized spacial score (nSPS) is 10.7. The van der Waals surface area contributed by atoms with Crippen LogP contribution >= 0.6 is 0 Å². The topological polar surface area (TPSA) is 64.9 Å². The first kappa shape index (κ1) is 12.3. The summed E-state index contributed by atoms with van der Waals surface area (Å²) in [6.45, 7) is 1.70. The van der Waals surface area contributed by atoms with Gasteiger partial charge in [-0.15, -0.1) is 0 Å². The van der Waals surface area contributed by atoms with Gasteiger partial charge >= 0.3 is 0 Å². The third kappa shape index (κ3) is 1.93. The summed E-state index contributed by atoms with van der Waals surface area (Å²) in [7, 11) is 0. The minimum Gasteiger partial charge on any atom is -0.380 e. The van der Waals surface area contributed by atoms with Crippen molar-refractivity contribution in [1.29, 1.82) is 0 Å². The van der Waals surface area contributed by atoms with Crippen molar-refractivity contribution in [3.8, 4) is 22.5 Å². The van der Waals surface area contributed by atoms with Crippen LogP contribution in [-0.4, -0.2) is 10.1 Å². The quantitative estimate of drug-likeness (QED) is 0.774. The number of anilines is 1.